The lowest BCUT2D eigenvalue weighted by molar-refractivity contribution is 0.361. The lowest BCUT2D eigenvalue weighted by Crippen LogP contribution is -2.14. The summed E-state index contributed by atoms with van der Waals surface area (Å²) < 4.78 is 2.39. The van der Waals surface area contributed by atoms with Crippen LogP contribution >= 0.6 is 11.3 Å². The maximum Gasteiger partial charge on any atom is 0.160 e. The molecule has 0 saturated heterocycles. The molecule has 0 unspecified atom stereocenters. The Morgan fingerprint density at radius 1 is 1.10 bits per heavy atom. The predicted octanol–water partition coefficient (Wildman–Crippen LogP) is 4.67. The molecule has 102 valence electrons. The van der Waals surface area contributed by atoms with Crippen LogP contribution in [-0.4, -0.2) is 14.5 Å². The second-order valence-electron chi connectivity index (χ2n) is 5.42. The van der Waals surface area contributed by atoms with Crippen LogP contribution in [-0.2, 0) is 0 Å². The molecular weight excluding hydrogens is 266 g/mol. The molecule has 0 N–H and O–H groups in total. The highest BCUT2D eigenvalue weighted by Gasteiger charge is 2.23. The molecule has 4 heteroatoms. The highest BCUT2D eigenvalue weighted by molar-refractivity contribution is 7.13. The summed E-state index contributed by atoms with van der Waals surface area (Å²) in [5, 5.41) is 2.12. The molecule has 1 saturated carbocycles. The van der Waals surface area contributed by atoms with E-state index in [4.69, 9.17) is 4.98 Å². The Kier molecular flexibility index (Phi) is 3.03. The first-order valence-electron chi connectivity index (χ1n) is 7.30. The van der Waals surface area contributed by atoms with Crippen molar-refractivity contribution < 1.29 is 0 Å². The average Bonchev–Trinajstić information content (AvgIpc) is 3.15. The van der Waals surface area contributed by atoms with Crippen molar-refractivity contribution in [2.45, 2.75) is 38.1 Å². The highest BCUT2D eigenvalue weighted by Crippen LogP contribution is 2.36. The summed E-state index contributed by atoms with van der Waals surface area (Å²) in [6.07, 6.45) is 8.38. The number of aromatic nitrogens is 3. The molecule has 0 spiro atoms. The van der Waals surface area contributed by atoms with E-state index in [0.717, 1.165) is 17.0 Å². The number of imidazole rings is 1. The summed E-state index contributed by atoms with van der Waals surface area (Å²) in [6.45, 7) is 0. The van der Waals surface area contributed by atoms with E-state index in [2.05, 4.69) is 33.1 Å². The van der Waals surface area contributed by atoms with Crippen molar-refractivity contribution in [2.75, 3.05) is 0 Å². The van der Waals surface area contributed by atoms with Gasteiger partial charge in [0.05, 0.1) is 4.88 Å². The monoisotopic (exact) mass is 283 g/mol. The van der Waals surface area contributed by atoms with Crippen molar-refractivity contribution in [3.05, 3.63) is 35.8 Å². The normalized spacial score (nSPS) is 16.8. The molecule has 1 aliphatic carbocycles. The van der Waals surface area contributed by atoms with Crippen LogP contribution < -0.4 is 0 Å². The first kappa shape index (κ1) is 12.1. The maximum absolute atomic E-state index is 4.84. The van der Waals surface area contributed by atoms with Crippen molar-refractivity contribution in [1.29, 1.82) is 0 Å². The average molecular weight is 283 g/mol. The van der Waals surface area contributed by atoms with E-state index in [-0.39, 0.29) is 0 Å². The van der Waals surface area contributed by atoms with Gasteiger partial charge in [0.15, 0.2) is 11.5 Å². The molecule has 1 fully saturated rings. The fraction of sp³-hybridized carbons (Fsp3) is 0.375. The summed E-state index contributed by atoms with van der Waals surface area (Å²) in [6, 6.07) is 8.85. The molecule has 3 heterocycles. The van der Waals surface area contributed by atoms with Crippen molar-refractivity contribution in [2.24, 2.45) is 0 Å². The van der Waals surface area contributed by atoms with Crippen LogP contribution in [0.25, 0.3) is 21.9 Å². The number of rotatable bonds is 2. The number of fused-ring (bicyclic) bond motifs is 1. The predicted molar refractivity (Wildman–Crippen MR) is 83.0 cm³/mol. The van der Waals surface area contributed by atoms with E-state index in [1.807, 2.05) is 12.3 Å². The quantitative estimate of drug-likeness (QED) is 0.684. The van der Waals surface area contributed by atoms with E-state index in [9.17, 15) is 0 Å². The van der Waals surface area contributed by atoms with E-state index in [0.29, 0.717) is 6.04 Å². The molecule has 3 nitrogen and oxygen atoms in total. The molecule has 3 aromatic rings. The highest BCUT2D eigenvalue weighted by atomic mass is 32.1. The van der Waals surface area contributed by atoms with Gasteiger partial charge in [-0.15, -0.1) is 11.3 Å². The fourth-order valence-electron chi connectivity index (χ4n) is 3.19. The van der Waals surface area contributed by atoms with Gasteiger partial charge in [0.25, 0.3) is 0 Å². The third-order valence-electron chi connectivity index (χ3n) is 4.13. The molecular formula is C16H17N3S. The van der Waals surface area contributed by atoms with Crippen LogP contribution in [0.4, 0.5) is 0 Å². The zero-order valence-corrected chi connectivity index (χ0v) is 12.1. The molecule has 0 aromatic carbocycles. The molecule has 0 aliphatic heterocycles. The Morgan fingerprint density at radius 3 is 2.80 bits per heavy atom. The van der Waals surface area contributed by atoms with Gasteiger partial charge in [-0.3, -0.25) is 0 Å². The summed E-state index contributed by atoms with van der Waals surface area (Å²) in [5.74, 6) is 1.10. The van der Waals surface area contributed by atoms with Crippen LogP contribution in [0, 0.1) is 0 Å². The summed E-state index contributed by atoms with van der Waals surface area (Å²) in [4.78, 5) is 10.7. The Bertz CT molecular complexity index is 708. The molecule has 3 aromatic heterocycles. The summed E-state index contributed by atoms with van der Waals surface area (Å²) in [5.41, 5.74) is 2.06. The molecule has 0 atom stereocenters. The van der Waals surface area contributed by atoms with E-state index in [1.54, 1.807) is 11.3 Å². The van der Waals surface area contributed by atoms with E-state index >= 15 is 0 Å². The van der Waals surface area contributed by atoms with Crippen LogP contribution in [0.2, 0.25) is 0 Å². The number of pyridine rings is 1. The zero-order chi connectivity index (χ0) is 13.4. The van der Waals surface area contributed by atoms with Crippen LogP contribution in [0.1, 0.15) is 38.1 Å². The van der Waals surface area contributed by atoms with Gasteiger partial charge in [-0.25, -0.2) is 9.97 Å². The Labute approximate surface area is 122 Å². The standard InChI is InChI=1S/C16H17N3S/c1-2-6-12(7-3-1)19-15-13(8-4-10-17-15)18-16(19)14-9-5-11-20-14/h4-5,8-12H,1-3,6-7H2. The molecule has 4 rings (SSSR count). The Morgan fingerprint density at radius 2 is 2.00 bits per heavy atom. The van der Waals surface area contributed by atoms with Gasteiger partial charge in [0.1, 0.15) is 5.52 Å². The third-order valence-corrected chi connectivity index (χ3v) is 5.00. The Hall–Kier alpha value is -1.68. The SMILES string of the molecule is c1csc(-c2nc3cccnc3n2C2CCCCC2)c1. The lowest BCUT2D eigenvalue weighted by atomic mass is 9.95. The van der Waals surface area contributed by atoms with Crippen molar-refractivity contribution in [3.8, 4) is 10.7 Å². The van der Waals surface area contributed by atoms with Crippen molar-refractivity contribution in [1.82, 2.24) is 14.5 Å². The van der Waals surface area contributed by atoms with Gasteiger partial charge >= 0.3 is 0 Å². The molecule has 0 radical (unpaired) electrons. The van der Waals surface area contributed by atoms with Gasteiger partial charge in [-0.2, -0.15) is 0 Å². The topological polar surface area (TPSA) is 30.7 Å². The molecule has 20 heavy (non-hydrogen) atoms. The second kappa shape index (κ2) is 5.02. The molecule has 1 aliphatic rings. The minimum Gasteiger partial charge on any atom is -0.305 e. The minimum atomic E-state index is 0.556. The Balaban J connectivity index is 1.93. The zero-order valence-electron chi connectivity index (χ0n) is 11.3. The van der Waals surface area contributed by atoms with Crippen LogP contribution in [0.15, 0.2) is 35.8 Å². The number of hydrogen-bond donors (Lipinski definition) is 0. The van der Waals surface area contributed by atoms with Crippen LogP contribution in [0.5, 0.6) is 0 Å². The number of nitrogens with zero attached hydrogens (tertiary/aromatic N) is 3. The van der Waals surface area contributed by atoms with Crippen LogP contribution in [0.3, 0.4) is 0 Å². The number of thiophene rings is 1. The molecule has 0 amide bonds. The van der Waals surface area contributed by atoms with Gasteiger partial charge < -0.3 is 4.57 Å². The first-order chi connectivity index (χ1) is 9.93. The van der Waals surface area contributed by atoms with Gasteiger partial charge in [-0.05, 0) is 36.4 Å². The van der Waals surface area contributed by atoms with E-state index < -0.39 is 0 Å². The third kappa shape index (κ3) is 1.95. The fourth-order valence-corrected chi connectivity index (χ4v) is 3.90. The van der Waals surface area contributed by atoms with Gasteiger partial charge in [0, 0.05) is 12.2 Å². The van der Waals surface area contributed by atoms with Crippen molar-refractivity contribution in [3.63, 3.8) is 0 Å². The largest absolute Gasteiger partial charge is 0.305 e. The minimum absolute atomic E-state index is 0.556. The van der Waals surface area contributed by atoms with Crippen molar-refractivity contribution >= 4 is 22.5 Å². The summed E-state index contributed by atoms with van der Waals surface area (Å²) >= 11 is 1.76. The van der Waals surface area contributed by atoms with Gasteiger partial charge in [-0.1, -0.05) is 25.3 Å². The second-order valence-corrected chi connectivity index (χ2v) is 6.37. The first-order valence-corrected chi connectivity index (χ1v) is 8.18. The summed E-state index contributed by atoms with van der Waals surface area (Å²) in [7, 11) is 0. The number of hydrogen-bond acceptors (Lipinski definition) is 3. The maximum atomic E-state index is 4.84. The lowest BCUT2D eigenvalue weighted by Gasteiger charge is -2.24. The van der Waals surface area contributed by atoms with E-state index in [1.165, 1.54) is 37.0 Å². The van der Waals surface area contributed by atoms with Gasteiger partial charge in [0.2, 0.25) is 0 Å². The molecule has 0 bridgehead atoms. The smallest absolute Gasteiger partial charge is 0.160 e.